The van der Waals surface area contributed by atoms with Gasteiger partial charge in [0, 0.05) is 22.7 Å². The first-order valence-corrected chi connectivity index (χ1v) is 8.79. The number of pyridine rings is 1. The van der Waals surface area contributed by atoms with E-state index in [4.69, 9.17) is 0 Å². The van der Waals surface area contributed by atoms with Gasteiger partial charge in [-0.15, -0.1) is 11.8 Å². The molecule has 0 bridgehead atoms. The molecule has 2 N–H and O–H groups in total. The second kappa shape index (κ2) is 7.49. The summed E-state index contributed by atoms with van der Waals surface area (Å²) in [6, 6.07) is 13.0. The lowest BCUT2D eigenvalue weighted by Crippen LogP contribution is -2.22. The topological polar surface area (TPSA) is 71.1 Å². The summed E-state index contributed by atoms with van der Waals surface area (Å²) >= 11 is 1.46. The Balaban J connectivity index is 1.52. The average Bonchev–Trinajstić information content (AvgIpc) is 3.42. The van der Waals surface area contributed by atoms with E-state index in [1.165, 1.54) is 11.8 Å². The van der Waals surface area contributed by atoms with Crippen LogP contribution in [0.3, 0.4) is 0 Å². The molecule has 0 radical (unpaired) electrons. The molecule has 1 saturated carbocycles. The first kappa shape index (κ1) is 16.5. The largest absolute Gasteiger partial charge is 0.326 e. The van der Waals surface area contributed by atoms with Gasteiger partial charge in [0.2, 0.25) is 11.8 Å². The van der Waals surface area contributed by atoms with Gasteiger partial charge in [-0.1, -0.05) is 6.07 Å². The van der Waals surface area contributed by atoms with Crippen LogP contribution in [0, 0.1) is 5.92 Å². The molecule has 1 unspecified atom stereocenters. The van der Waals surface area contributed by atoms with Crippen molar-refractivity contribution in [2.75, 3.05) is 10.6 Å². The molecule has 1 aliphatic carbocycles. The number of thioether (sulfide) groups is 1. The fourth-order valence-electron chi connectivity index (χ4n) is 2.13. The van der Waals surface area contributed by atoms with Crippen LogP contribution < -0.4 is 10.6 Å². The third-order valence-corrected chi connectivity index (χ3v) is 4.78. The molecule has 2 aromatic rings. The number of hydrogen-bond acceptors (Lipinski definition) is 4. The van der Waals surface area contributed by atoms with Crippen molar-refractivity contribution in [1.29, 1.82) is 0 Å². The molecular formula is C18H19N3O2S. The van der Waals surface area contributed by atoms with Crippen molar-refractivity contribution in [3.8, 4) is 0 Å². The van der Waals surface area contributed by atoms with Crippen molar-refractivity contribution in [2.45, 2.75) is 29.9 Å². The Kier molecular flexibility index (Phi) is 5.15. The van der Waals surface area contributed by atoms with Crippen LogP contribution in [0.5, 0.6) is 0 Å². The van der Waals surface area contributed by atoms with E-state index in [0.717, 1.165) is 23.4 Å². The van der Waals surface area contributed by atoms with E-state index in [1.807, 2.05) is 37.3 Å². The average molecular weight is 341 g/mol. The van der Waals surface area contributed by atoms with Gasteiger partial charge in [0.15, 0.2) is 0 Å². The molecule has 1 heterocycles. The maximum absolute atomic E-state index is 12.2. The molecule has 1 aliphatic rings. The van der Waals surface area contributed by atoms with E-state index in [1.54, 1.807) is 18.3 Å². The number of rotatable bonds is 6. The predicted octanol–water partition coefficient (Wildman–Crippen LogP) is 3.55. The lowest BCUT2D eigenvalue weighted by atomic mass is 10.3. The highest BCUT2D eigenvalue weighted by Gasteiger charge is 2.29. The maximum atomic E-state index is 12.2. The first-order chi connectivity index (χ1) is 11.6. The van der Waals surface area contributed by atoms with Gasteiger partial charge < -0.3 is 10.6 Å². The van der Waals surface area contributed by atoms with Crippen LogP contribution in [0.25, 0.3) is 0 Å². The van der Waals surface area contributed by atoms with Crippen molar-refractivity contribution in [1.82, 2.24) is 4.98 Å². The lowest BCUT2D eigenvalue weighted by Gasteiger charge is -2.12. The zero-order valence-corrected chi connectivity index (χ0v) is 14.2. The van der Waals surface area contributed by atoms with Crippen molar-refractivity contribution in [3.05, 3.63) is 48.7 Å². The van der Waals surface area contributed by atoms with E-state index in [-0.39, 0.29) is 23.0 Å². The van der Waals surface area contributed by atoms with E-state index >= 15 is 0 Å². The van der Waals surface area contributed by atoms with E-state index in [9.17, 15) is 9.59 Å². The summed E-state index contributed by atoms with van der Waals surface area (Å²) < 4.78 is 0. The molecule has 6 heteroatoms. The van der Waals surface area contributed by atoms with Gasteiger partial charge in [-0.25, -0.2) is 4.98 Å². The molecule has 0 aliphatic heterocycles. The zero-order valence-electron chi connectivity index (χ0n) is 13.4. The molecule has 1 atom stereocenters. The predicted molar refractivity (Wildman–Crippen MR) is 96.0 cm³/mol. The number of amides is 2. The minimum Gasteiger partial charge on any atom is -0.326 e. The van der Waals surface area contributed by atoms with Gasteiger partial charge in [0.1, 0.15) is 5.82 Å². The Hall–Kier alpha value is -2.34. The molecule has 5 nitrogen and oxygen atoms in total. The fourth-order valence-corrected chi connectivity index (χ4v) is 3.00. The molecule has 1 fully saturated rings. The number of anilines is 2. The number of carbonyl (C=O) groups is 2. The molecule has 3 rings (SSSR count). The molecule has 1 aromatic heterocycles. The lowest BCUT2D eigenvalue weighted by molar-refractivity contribution is -0.117. The van der Waals surface area contributed by atoms with Crippen LogP contribution in [-0.4, -0.2) is 22.0 Å². The minimum absolute atomic E-state index is 0.0928. The second-order valence-electron chi connectivity index (χ2n) is 5.75. The number of hydrogen-bond donors (Lipinski definition) is 2. The molecule has 124 valence electrons. The van der Waals surface area contributed by atoms with Crippen LogP contribution in [0.4, 0.5) is 11.5 Å². The molecule has 0 saturated heterocycles. The Morgan fingerprint density at radius 1 is 1.12 bits per heavy atom. The highest BCUT2D eigenvalue weighted by atomic mass is 32.2. The summed E-state index contributed by atoms with van der Waals surface area (Å²) in [5.41, 5.74) is 0.793. The monoisotopic (exact) mass is 341 g/mol. The quantitative estimate of drug-likeness (QED) is 0.788. The van der Waals surface area contributed by atoms with Crippen molar-refractivity contribution in [2.24, 2.45) is 5.92 Å². The van der Waals surface area contributed by atoms with Crippen LogP contribution in [0.15, 0.2) is 53.6 Å². The molecule has 2 amide bonds. The fraction of sp³-hybridized carbons (Fsp3) is 0.278. The molecule has 1 aromatic carbocycles. The Morgan fingerprint density at radius 2 is 1.88 bits per heavy atom. The molecular weight excluding hydrogens is 322 g/mol. The Morgan fingerprint density at radius 3 is 2.50 bits per heavy atom. The normalized spacial score (nSPS) is 14.7. The van der Waals surface area contributed by atoms with Gasteiger partial charge >= 0.3 is 0 Å². The number of carbonyl (C=O) groups excluding carboxylic acids is 2. The molecule has 24 heavy (non-hydrogen) atoms. The molecule has 0 spiro atoms. The van der Waals surface area contributed by atoms with Gasteiger partial charge in [-0.2, -0.15) is 0 Å². The number of benzene rings is 1. The number of nitrogens with zero attached hydrogens (tertiary/aromatic N) is 1. The smallest absolute Gasteiger partial charge is 0.238 e. The van der Waals surface area contributed by atoms with Crippen molar-refractivity contribution >= 4 is 35.1 Å². The summed E-state index contributed by atoms with van der Waals surface area (Å²) in [6.07, 6.45) is 3.62. The number of nitrogens with one attached hydrogen (secondary N) is 2. The van der Waals surface area contributed by atoms with Crippen molar-refractivity contribution in [3.63, 3.8) is 0 Å². The third-order valence-electron chi connectivity index (χ3n) is 3.67. The Bertz CT molecular complexity index is 715. The summed E-state index contributed by atoms with van der Waals surface area (Å²) in [4.78, 5) is 29.0. The van der Waals surface area contributed by atoms with Gasteiger partial charge in [0.05, 0.1) is 5.25 Å². The van der Waals surface area contributed by atoms with E-state index in [2.05, 4.69) is 15.6 Å². The highest BCUT2D eigenvalue weighted by Crippen LogP contribution is 2.31. The SMILES string of the molecule is CC(Sc1ccc(NC(=O)C2CC2)cc1)C(=O)Nc1ccccn1. The van der Waals surface area contributed by atoms with Crippen molar-refractivity contribution < 1.29 is 9.59 Å². The van der Waals surface area contributed by atoms with Crippen LogP contribution in [0.1, 0.15) is 19.8 Å². The zero-order chi connectivity index (χ0) is 16.9. The summed E-state index contributed by atoms with van der Waals surface area (Å²) in [5, 5.41) is 5.44. The van der Waals surface area contributed by atoms with Gasteiger partial charge in [-0.3, -0.25) is 9.59 Å². The summed E-state index contributed by atoms with van der Waals surface area (Å²) in [6.45, 7) is 1.85. The first-order valence-electron chi connectivity index (χ1n) is 7.91. The van der Waals surface area contributed by atoms with E-state index in [0.29, 0.717) is 5.82 Å². The second-order valence-corrected chi connectivity index (χ2v) is 7.17. The van der Waals surface area contributed by atoms with Gasteiger partial charge in [0.25, 0.3) is 0 Å². The summed E-state index contributed by atoms with van der Waals surface area (Å²) in [7, 11) is 0. The third kappa shape index (κ3) is 4.58. The highest BCUT2D eigenvalue weighted by molar-refractivity contribution is 8.00. The van der Waals surface area contributed by atoms with E-state index < -0.39 is 0 Å². The Labute approximate surface area is 145 Å². The standard InChI is InChI=1S/C18H19N3O2S/c1-12(17(22)21-16-4-2-3-11-19-16)24-15-9-7-14(8-10-15)20-18(23)13-5-6-13/h2-4,7-13H,5-6H2,1H3,(H,20,23)(H,19,21,22). The summed E-state index contributed by atoms with van der Waals surface area (Å²) in [5.74, 6) is 0.741. The van der Waals surface area contributed by atoms with Crippen LogP contribution in [0.2, 0.25) is 0 Å². The maximum Gasteiger partial charge on any atom is 0.238 e. The van der Waals surface area contributed by atoms with Crippen LogP contribution >= 0.6 is 11.8 Å². The van der Waals surface area contributed by atoms with Crippen LogP contribution in [-0.2, 0) is 9.59 Å². The minimum atomic E-state index is -0.251. The number of aromatic nitrogens is 1. The van der Waals surface area contributed by atoms with Gasteiger partial charge in [-0.05, 0) is 56.2 Å².